The summed E-state index contributed by atoms with van der Waals surface area (Å²) in [4.78, 5) is 12.5. The maximum absolute atomic E-state index is 10.7. The van der Waals surface area contributed by atoms with Crippen molar-refractivity contribution in [2.24, 2.45) is 0 Å². The number of hydrogen-bond acceptors (Lipinski definition) is 4. The molecule has 0 aromatic rings. The average molecular weight is 187 g/mol. The Bertz CT molecular complexity index is 178. The largest absolute Gasteiger partial charge is 0.466 e. The van der Waals surface area contributed by atoms with Crippen molar-refractivity contribution in [3.8, 4) is 0 Å². The van der Waals surface area contributed by atoms with Gasteiger partial charge in [0.2, 0.25) is 0 Å². The van der Waals surface area contributed by atoms with E-state index in [2.05, 4.69) is 4.74 Å². The van der Waals surface area contributed by atoms with Gasteiger partial charge in [-0.15, -0.1) is 0 Å². The topological polar surface area (TPSA) is 49.8 Å². The molecule has 0 heterocycles. The normalized spacial score (nSPS) is 12.9. The lowest BCUT2D eigenvalue weighted by Gasteiger charge is -2.14. The zero-order valence-corrected chi connectivity index (χ0v) is 8.36. The van der Waals surface area contributed by atoms with Crippen LogP contribution in [0.4, 0.5) is 0 Å². The standard InChI is InChI=1S/C9H17NO3/c1-8(11)4-6-10(2)7-5-9(12)13-3/h5,7-8,11H,4,6H2,1-3H3/b7-5+. The van der Waals surface area contributed by atoms with Gasteiger partial charge in [-0.1, -0.05) is 0 Å². The van der Waals surface area contributed by atoms with E-state index >= 15 is 0 Å². The number of rotatable bonds is 5. The van der Waals surface area contributed by atoms with E-state index in [1.165, 1.54) is 13.2 Å². The third kappa shape index (κ3) is 7.33. The summed E-state index contributed by atoms with van der Waals surface area (Å²) < 4.78 is 4.42. The van der Waals surface area contributed by atoms with E-state index < -0.39 is 0 Å². The first-order chi connectivity index (χ1) is 6.06. The Hall–Kier alpha value is -1.03. The minimum Gasteiger partial charge on any atom is -0.466 e. The van der Waals surface area contributed by atoms with Gasteiger partial charge in [-0.25, -0.2) is 4.79 Å². The highest BCUT2D eigenvalue weighted by molar-refractivity contribution is 5.81. The van der Waals surface area contributed by atoms with Gasteiger partial charge in [0.05, 0.1) is 13.2 Å². The fourth-order valence-corrected chi connectivity index (χ4v) is 0.721. The van der Waals surface area contributed by atoms with E-state index in [0.29, 0.717) is 13.0 Å². The van der Waals surface area contributed by atoms with Crippen LogP contribution in [-0.2, 0) is 9.53 Å². The molecule has 0 aliphatic rings. The number of methoxy groups -OCH3 is 1. The van der Waals surface area contributed by atoms with Crippen LogP contribution in [0.5, 0.6) is 0 Å². The first-order valence-corrected chi connectivity index (χ1v) is 4.20. The molecule has 0 bridgehead atoms. The Morgan fingerprint density at radius 2 is 2.31 bits per heavy atom. The molecule has 0 aliphatic heterocycles. The summed E-state index contributed by atoms with van der Waals surface area (Å²) in [6.45, 7) is 2.45. The molecule has 1 atom stereocenters. The van der Waals surface area contributed by atoms with Gasteiger partial charge in [0.25, 0.3) is 0 Å². The lowest BCUT2D eigenvalue weighted by atomic mass is 10.3. The van der Waals surface area contributed by atoms with Crippen molar-refractivity contribution in [2.45, 2.75) is 19.4 Å². The maximum atomic E-state index is 10.7. The molecule has 0 amide bonds. The molecule has 0 aliphatic carbocycles. The van der Waals surface area contributed by atoms with Crippen LogP contribution in [0, 0.1) is 0 Å². The predicted molar refractivity (Wildman–Crippen MR) is 50.1 cm³/mol. The molecule has 0 saturated carbocycles. The Labute approximate surface area is 78.8 Å². The first-order valence-electron chi connectivity index (χ1n) is 4.20. The number of aliphatic hydroxyl groups excluding tert-OH is 1. The summed E-state index contributed by atoms with van der Waals surface area (Å²) in [6.07, 6.45) is 3.35. The van der Waals surface area contributed by atoms with Crippen LogP contribution in [0.3, 0.4) is 0 Å². The van der Waals surface area contributed by atoms with E-state index in [0.717, 1.165) is 0 Å². The third-order valence-electron chi connectivity index (χ3n) is 1.57. The van der Waals surface area contributed by atoms with Gasteiger partial charge in [0, 0.05) is 25.9 Å². The quantitative estimate of drug-likeness (QED) is 0.499. The van der Waals surface area contributed by atoms with E-state index in [9.17, 15) is 4.79 Å². The van der Waals surface area contributed by atoms with E-state index in [-0.39, 0.29) is 12.1 Å². The van der Waals surface area contributed by atoms with Gasteiger partial charge in [-0.2, -0.15) is 0 Å². The molecular weight excluding hydrogens is 170 g/mol. The van der Waals surface area contributed by atoms with Crippen molar-refractivity contribution in [1.82, 2.24) is 4.90 Å². The van der Waals surface area contributed by atoms with Gasteiger partial charge in [0.1, 0.15) is 0 Å². The monoisotopic (exact) mass is 187 g/mol. The summed E-state index contributed by atoms with van der Waals surface area (Å²) in [7, 11) is 3.17. The Morgan fingerprint density at radius 3 is 2.77 bits per heavy atom. The van der Waals surface area contributed by atoms with Crippen LogP contribution < -0.4 is 0 Å². The molecule has 0 radical (unpaired) electrons. The second-order valence-electron chi connectivity index (χ2n) is 2.96. The Morgan fingerprint density at radius 1 is 1.69 bits per heavy atom. The predicted octanol–water partition coefficient (Wildman–Crippen LogP) is 0.376. The van der Waals surface area contributed by atoms with Gasteiger partial charge in [-0.3, -0.25) is 0 Å². The van der Waals surface area contributed by atoms with Crippen molar-refractivity contribution in [3.63, 3.8) is 0 Å². The SMILES string of the molecule is COC(=O)/C=C/N(C)CCC(C)O. The van der Waals surface area contributed by atoms with Gasteiger partial charge in [0.15, 0.2) is 0 Å². The molecule has 0 spiro atoms. The lowest BCUT2D eigenvalue weighted by Crippen LogP contribution is -2.17. The molecule has 1 N–H and O–H groups in total. The molecule has 0 saturated heterocycles. The van der Waals surface area contributed by atoms with Crippen molar-refractivity contribution in [2.75, 3.05) is 20.7 Å². The average Bonchev–Trinajstić information content (AvgIpc) is 2.10. The summed E-state index contributed by atoms with van der Waals surface area (Å²) in [5, 5.41) is 8.98. The molecule has 0 fully saturated rings. The van der Waals surface area contributed by atoms with Crippen LogP contribution in [0.15, 0.2) is 12.3 Å². The molecule has 0 aromatic heterocycles. The number of ether oxygens (including phenoxy) is 1. The number of carbonyl (C=O) groups excluding carboxylic acids is 1. The Balaban J connectivity index is 3.67. The fourth-order valence-electron chi connectivity index (χ4n) is 0.721. The van der Waals surface area contributed by atoms with E-state index in [1.807, 2.05) is 11.9 Å². The minimum absolute atomic E-state index is 0.311. The number of carbonyl (C=O) groups is 1. The van der Waals surface area contributed by atoms with Crippen molar-refractivity contribution >= 4 is 5.97 Å². The molecule has 4 nitrogen and oxygen atoms in total. The lowest BCUT2D eigenvalue weighted by molar-refractivity contribution is -0.134. The highest BCUT2D eigenvalue weighted by Gasteiger charge is 1.98. The van der Waals surface area contributed by atoms with Gasteiger partial charge < -0.3 is 14.7 Å². The van der Waals surface area contributed by atoms with Crippen molar-refractivity contribution < 1.29 is 14.6 Å². The molecule has 13 heavy (non-hydrogen) atoms. The Kier molecular flexibility index (Phi) is 5.97. The molecule has 0 aromatic carbocycles. The second-order valence-corrected chi connectivity index (χ2v) is 2.96. The molecule has 4 heteroatoms. The van der Waals surface area contributed by atoms with Crippen LogP contribution in [0.1, 0.15) is 13.3 Å². The van der Waals surface area contributed by atoms with Crippen molar-refractivity contribution in [3.05, 3.63) is 12.3 Å². The van der Waals surface area contributed by atoms with Gasteiger partial charge >= 0.3 is 5.97 Å². The number of esters is 1. The second kappa shape index (κ2) is 6.48. The minimum atomic E-state index is -0.371. The number of hydrogen-bond donors (Lipinski definition) is 1. The fraction of sp³-hybridized carbons (Fsp3) is 0.667. The summed E-state index contributed by atoms with van der Waals surface area (Å²) in [6, 6.07) is 0. The number of nitrogens with zero attached hydrogens (tertiary/aromatic N) is 1. The van der Waals surface area contributed by atoms with Crippen LogP contribution in [-0.4, -0.2) is 42.8 Å². The van der Waals surface area contributed by atoms with Crippen LogP contribution in [0.2, 0.25) is 0 Å². The zero-order valence-electron chi connectivity index (χ0n) is 8.36. The molecule has 1 unspecified atom stereocenters. The third-order valence-corrected chi connectivity index (χ3v) is 1.57. The summed E-state index contributed by atoms with van der Waals surface area (Å²) in [5.74, 6) is -0.371. The van der Waals surface area contributed by atoms with E-state index in [1.54, 1.807) is 13.1 Å². The van der Waals surface area contributed by atoms with Gasteiger partial charge in [-0.05, 0) is 13.3 Å². The maximum Gasteiger partial charge on any atom is 0.331 e. The molecule has 0 rings (SSSR count). The van der Waals surface area contributed by atoms with Crippen LogP contribution >= 0.6 is 0 Å². The zero-order chi connectivity index (χ0) is 10.3. The molecular formula is C9H17NO3. The van der Waals surface area contributed by atoms with E-state index in [4.69, 9.17) is 5.11 Å². The highest BCUT2D eigenvalue weighted by Crippen LogP contribution is 1.93. The highest BCUT2D eigenvalue weighted by atomic mass is 16.5. The molecule has 76 valence electrons. The summed E-state index contributed by atoms with van der Waals surface area (Å²) in [5.41, 5.74) is 0. The summed E-state index contributed by atoms with van der Waals surface area (Å²) >= 11 is 0. The first kappa shape index (κ1) is 12.0. The van der Waals surface area contributed by atoms with Crippen molar-refractivity contribution in [1.29, 1.82) is 0 Å². The number of aliphatic hydroxyl groups is 1. The smallest absolute Gasteiger partial charge is 0.331 e. The van der Waals surface area contributed by atoms with Crippen LogP contribution in [0.25, 0.3) is 0 Å².